The Labute approximate surface area is 127 Å². The second-order valence-electron chi connectivity index (χ2n) is 6.02. The Bertz CT molecular complexity index is 598. The molecule has 1 saturated heterocycles. The molecule has 1 aliphatic heterocycles. The highest BCUT2D eigenvalue weighted by atomic mass is 15.2. The summed E-state index contributed by atoms with van der Waals surface area (Å²) in [6, 6.07) is 9.37. The lowest BCUT2D eigenvalue weighted by molar-refractivity contribution is 0.122. The zero-order valence-electron chi connectivity index (χ0n) is 13.3. The van der Waals surface area contributed by atoms with Gasteiger partial charge in [-0.05, 0) is 45.0 Å². The second-order valence-corrected chi connectivity index (χ2v) is 6.02. The van der Waals surface area contributed by atoms with Gasteiger partial charge in [0, 0.05) is 19.6 Å². The molecule has 1 N–H and O–H groups in total. The van der Waals surface area contributed by atoms with E-state index in [1.807, 2.05) is 0 Å². The summed E-state index contributed by atoms with van der Waals surface area (Å²) in [5.41, 5.74) is 2.32. The maximum absolute atomic E-state index is 4.88. The second kappa shape index (κ2) is 6.16. The molecule has 21 heavy (non-hydrogen) atoms. The molecular weight excluding hydrogens is 260 g/mol. The normalized spacial score (nSPS) is 21.0. The average Bonchev–Trinajstić information content (AvgIpc) is 2.87. The van der Waals surface area contributed by atoms with Crippen LogP contribution in [-0.2, 0) is 7.05 Å². The highest BCUT2D eigenvalue weighted by molar-refractivity contribution is 5.75. The monoisotopic (exact) mass is 286 g/mol. The van der Waals surface area contributed by atoms with Crippen LogP contribution < -0.4 is 5.32 Å². The molecule has 2 heterocycles. The Kier molecular flexibility index (Phi) is 4.27. The highest BCUT2D eigenvalue weighted by Gasteiger charge is 2.27. The number of imidazole rings is 1. The fourth-order valence-corrected chi connectivity index (χ4v) is 3.65. The van der Waals surface area contributed by atoms with Gasteiger partial charge in [0.15, 0.2) is 0 Å². The van der Waals surface area contributed by atoms with Crippen LogP contribution in [0.2, 0.25) is 0 Å². The number of rotatable bonds is 4. The predicted molar refractivity (Wildman–Crippen MR) is 87.4 cm³/mol. The number of likely N-dealkylation sites (N-methyl/N-ethyl adjacent to an activating group) is 1. The molecule has 114 valence electrons. The van der Waals surface area contributed by atoms with Crippen molar-refractivity contribution < 1.29 is 0 Å². The summed E-state index contributed by atoms with van der Waals surface area (Å²) >= 11 is 0. The van der Waals surface area contributed by atoms with Crippen LogP contribution in [0, 0.1) is 0 Å². The van der Waals surface area contributed by atoms with Crippen molar-refractivity contribution in [2.75, 3.05) is 19.6 Å². The third-order valence-corrected chi connectivity index (χ3v) is 4.80. The molecule has 0 amide bonds. The Balaban J connectivity index is 1.90. The first kappa shape index (κ1) is 14.5. The Hall–Kier alpha value is -1.39. The third-order valence-electron chi connectivity index (χ3n) is 4.80. The molecule has 4 nitrogen and oxygen atoms in total. The van der Waals surface area contributed by atoms with Crippen molar-refractivity contribution in [3.05, 3.63) is 30.1 Å². The van der Waals surface area contributed by atoms with E-state index in [-0.39, 0.29) is 0 Å². The first-order chi connectivity index (χ1) is 10.2. The smallest absolute Gasteiger partial charge is 0.126 e. The average molecular weight is 286 g/mol. The molecule has 0 spiro atoms. The van der Waals surface area contributed by atoms with Gasteiger partial charge in [-0.3, -0.25) is 4.90 Å². The predicted octanol–water partition coefficient (Wildman–Crippen LogP) is 2.71. The van der Waals surface area contributed by atoms with E-state index in [0.29, 0.717) is 12.1 Å². The fourth-order valence-electron chi connectivity index (χ4n) is 3.65. The molecule has 1 aliphatic rings. The van der Waals surface area contributed by atoms with E-state index >= 15 is 0 Å². The number of piperidine rings is 1. The summed E-state index contributed by atoms with van der Waals surface area (Å²) in [6.07, 6.45) is 2.56. The zero-order chi connectivity index (χ0) is 14.8. The van der Waals surface area contributed by atoms with E-state index in [1.165, 1.54) is 24.2 Å². The SMILES string of the molecule is CCN(C1CCCNC1)C(C)c1nc2ccccc2n1C. The number of para-hydroxylation sites is 2. The number of nitrogens with one attached hydrogen (secondary N) is 1. The van der Waals surface area contributed by atoms with Crippen LogP contribution in [0.25, 0.3) is 11.0 Å². The quantitative estimate of drug-likeness (QED) is 0.938. The minimum absolute atomic E-state index is 0.345. The van der Waals surface area contributed by atoms with Gasteiger partial charge in [0.05, 0.1) is 17.1 Å². The van der Waals surface area contributed by atoms with Crippen LogP contribution in [0.4, 0.5) is 0 Å². The van der Waals surface area contributed by atoms with Gasteiger partial charge in [0.25, 0.3) is 0 Å². The van der Waals surface area contributed by atoms with Crippen LogP contribution in [-0.4, -0.2) is 40.1 Å². The van der Waals surface area contributed by atoms with Crippen LogP contribution in [0.5, 0.6) is 0 Å². The topological polar surface area (TPSA) is 33.1 Å². The molecule has 2 atom stereocenters. The van der Waals surface area contributed by atoms with Gasteiger partial charge in [-0.25, -0.2) is 4.98 Å². The number of hydrogen-bond donors (Lipinski definition) is 1. The summed E-state index contributed by atoms with van der Waals surface area (Å²) in [5, 5.41) is 3.53. The first-order valence-electron chi connectivity index (χ1n) is 8.10. The molecule has 1 aromatic heterocycles. The molecular formula is C17H26N4. The van der Waals surface area contributed by atoms with Crippen LogP contribution in [0.15, 0.2) is 24.3 Å². The van der Waals surface area contributed by atoms with E-state index in [1.54, 1.807) is 0 Å². The molecule has 0 bridgehead atoms. The number of aromatic nitrogens is 2. The Morgan fingerprint density at radius 3 is 2.90 bits per heavy atom. The first-order valence-corrected chi connectivity index (χ1v) is 8.10. The zero-order valence-corrected chi connectivity index (χ0v) is 13.3. The number of hydrogen-bond acceptors (Lipinski definition) is 3. The van der Waals surface area contributed by atoms with Crippen LogP contribution in [0.3, 0.4) is 0 Å². The Morgan fingerprint density at radius 1 is 1.43 bits per heavy atom. The van der Waals surface area contributed by atoms with Gasteiger partial charge in [-0.2, -0.15) is 0 Å². The lowest BCUT2D eigenvalue weighted by Crippen LogP contribution is -2.47. The lowest BCUT2D eigenvalue weighted by atomic mass is 10.0. The summed E-state index contributed by atoms with van der Waals surface area (Å²) in [4.78, 5) is 7.47. The minimum Gasteiger partial charge on any atom is -0.330 e. The number of benzene rings is 1. The summed E-state index contributed by atoms with van der Waals surface area (Å²) in [5.74, 6) is 1.17. The van der Waals surface area contributed by atoms with Crippen molar-refractivity contribution in [2.24, 2.45) is 7.05 Å². The van der Waals surface area contributed by atoms with E-state index in [2.05, 4.69) is 59.9 Å². The van der Waals surface area contributed by atoms with Gasteiger partial charge in [0.1, 0.15) is 5.82 Å². The van der Waals surface area contributed by atoms with E-state index < -0.39 is 0 Å². The van der Waals surface area contributed by atoms with E-state index in [9.17, 15) is 0 Å². The fraction of sp³-hybridized carbons (Fsp3) is 0.588. The molecule has 0 saturated carbocycles. The summed E-state index contributed by atoms with van der Waals surface area (Å²) < 4.78 is 2.25. The van der Waals surface area contributed by atoms with Crippen molar-refractivity contribution in [3.63, 3.8) is 0 Å². The number of fused-ring (bicyclic) bond motifs is 1. The maximum Gasteiger partial charge on any atom is 0.126 e. The molecule has 2 aromatic rings. The summed E-state index contributed by atoms with van der Waals surface area (Å²) in [6.45, 7) is 7.88. The molecule has 0 radical (unpaired) electrons. The largest absolute Gasteiger partial charge is 0.330 e. The molecule has 3 rings (SSSR count). The van der Waals surface area contributed by atoms with E-state index in [0.717, 1.165) is 25.2 Å². The minimum atomic E-state index is 0.345. The Morgan fingerprint density at radius 2 is 2.24 bits per heavy atom. The molecule has 1 aromatic carbocycles. The summed E-state index contributed by atoms with van der Waals surface area (Å²) in [7, 11) is 2.13. The van der Waals surface area contributed by atoms with Crippen molar-refractivity contribution >= 4 is 11.0 Å². The van der Waals surface area contributed by atoms with Gasteiger partial charge >= 0.3 is 0 Å². The van der Waals surface area contributed by atoms with Crippen LogP contribution in [0.1, 0.15) is 38.6 Å². The van der Waals surface area contributed by atoms with Crippen molar-refractivity contribution in [2.45, 2.75) is 38.8 Å². The lowest BCUT2D eigenvalue weighted by Gasteiger charge is -2.37. The number of nitrogens with zero attached hydrogens (tertiary/aromatic N) is 3. The standard InChI is InChI=1S/C17H26N4/c1-4-21(14-8-7-11-18-12-14)13(2)17-19-15-9-5-6-10-16(15)20(17)3/h5-6,9-10,13-14,18H,4,7-8,11-12H2,1-3H3. The highest BCUT2D eigenvalue weighted by Crippen LogP contribution is 2.26. The molecule has 1 fully saturated rings. The van der Waals surface area contributed by atoms with Gasteiger partial charge in [-0.15, -0.1) is 0 Å². The number of aryl methyl sites for hydroxylation is 1. The van der Waals surface area contributed by atoms with Crippen molar-refractivity contribution in [1.82, 2.24) is 19.8 Å². The molecule has 2 unspecified atom stereocenters. The van der Waals surface area contributed by atoms with Gasteiger partial charge in [0.2, 0.25) is 0 Å². The molecule has 0 aliphatic carbocycles. The third kappa shape index (κ3) is 2.70. The van der Waals surface area contributed by atoms with Gasteiger partial charge < -0.3 is 9.88 Å². The van der Waals surface area contributed by atoms with Crippen molar-refractivity contribution in [1.29, 1.82) is 0 Å². The van der Waals surface area contributed by atoms with Gasteiger partial charge in [-0.1, -0.05) is 19.1 Å². The van der Waals surface area contributed by atoms with Crippen LogP contribution >= 0.6 is 0 Å². The van der Waals surface area contributed by atoms with E-state index in [4.69, 9.17) is 4.98 Å². The molecule has 4 heteroatoms. The maximum atomic E-state index is 4.88. The van der Waals surface area contributed by atoms with Crippen molar-refractivity contribution in [3.8, 4) is 0 Å².